The number of nitrogens with one attached hydrogen (secondary N) is 1. The van der Waals surface area contributed by atoms with Crippen molar-refractivity contribution in [3.63, 3.8) is 0 Å². The van der Waals surface area contributed by atoms with Crippen LogP contribution < -0.4 is 5.32 Å². The second-order valence-electron chi connectivity index (χ2n) is 3.06. The minimum Gasteiger partial charge on any atom is -0.311 e. The largest absolute Gasteiger partial charge is 0.311 e. The lowest BCUT2D eigenvalue weighted by molar-refractivity contribution is -0.0884. The van der Waals surface area contributed by atoms with Gasteiger partial charge in [0.05, 0.1) is 0 Å². The maximum atomic E-state index is 12.4. The first-order valence-corrected chi connectivity index (χ1v) is 3.30. The van der Waals surface area contributed by atoms with E-state index < -0.39 is 5.92 Å². The van der Waals surface area contributed by atoms with Crippen LogP contribution >= 0.6 is 0 Å². The third-order valence-electron chi connectivity index (χ3n) is 2.13. The zero-order valence-corrected chi connectivity index (χ0v) is 5.03. The van der Waals surface area contributed by atoms with Gasteiger partial charge in [-0.3, -0.25) is 0 Å². The Hall–Kier alpha value is -0.180. The zero-order valence-electron chi connectivity index (χ0n) is 5.03. The van der Waals surface area contributed by atoms with Gasteiger partial charge in [-0.05, 0) is 6.42 Å². The summed E-state index contributed by atoms with van der Waals surface area (Å²) in [6.07, 6.45) is 1.09. The molecule has 0 spiro atoms. The number of hydrogen-bond donors (Lipinski definition) is 1. The highest BCUT2D eigenvalue weighted by Crippen LogP contribution is 2.39. The third kappa shape index (κ3) is 0.834. The van der Waals surface area contributed by atoms with E-state index >= 15 is 0 Å². The van der Waals surface area contributed by atoms with Crippen LogP contribution in [0.3, 0.4) is 0 Å². The fraction of sp³-hybridized carbons (Fsp3) is 1.00. The maximum absolute atomic E-state index is 12.4. The molecule has 1 saturated carbocycles. The smallest absolute Gasteiger partial charge is 0.251 e. The van der Waals surface area contributed by atoms with E-state index in [2.05, 4.69) is 5.32 Å². The lowest BCUT2D eigenvalue weighted by atomic mass is 9.80. The summed E-state index contributed by atoms with van der Waals surface area (Å²) in [6, 6.07) is 0.248. The Morgan fingerprint density at radius 2 is 1.67 bits per heavy atom. The number of rotatable bonds is 0. The summed E-state index contributed by atoms with van der Waals surface area (Å²) in [5.41, 5.74) is 0. The number of halogens is 2. The SMILES string of the molecule is FC1(F)CC2CC(C1)N2. The van der Waals surface area contributed by atoms with Crippen LogP contribution in [0.1, 0.15) is 19.3 Å². The summed E-state index contributed by atoms with van der Waals surface area (Å²) in [5, 5.41) is 3.05. The van der Waals surface area contributed by atoms with Crippen molar-refractivity contribution < 1.29 is 8.78 Å². The van der Waals surface area contributed by atoms with E-state index in [1.165, 1.54) is 0 Å². The monoisotopic (exact) mass is 133 g/mol. The summed E-state index contributed by atoms with van der Waals surface area (Å²) >= 11 is 0. The molecule has 0 amide bonds. The van der Waals surface area contributed by atoms with Crippen LogP contribution in [0.25, 0.3) is 0 Å². The van der Waals surface area contributed by atoms with Crippen LogP contribution in [0.15, 0.2) is 0 Å². The van der Waals surface area contributed by atoms with Crippen LogP contribution in [0.2, 0.25) is 0 Å². The maximum Gasteiger partial charge on any atom is 0.251 e. The minimum absolute atomic E-state index is 0.0590. The van der Waals surface area contributed by atoms with Crippen molar-refractivity contribution in [2.24, 2.45) is 0 Å². The van der Waals surface area contributed by atoms with Gasteiger partial charge in [0.2, 0.25) is 0 Å². The van der Waals surface area contributed by atoms with Gasteiger partial charge in [-0.2, -0.15) is 0 Å². The Bertz CT molecular complexity index is 117. The normalized spacial score (nSPS) is 46.0. The van der Waals surface area contributed by atoms with Gasteiger partial charge in [0.25, 0.3) is 5.92 Å². The Labute approximate surface area is 52.4 Å². The van der Waals surface area contributed by atoms with Crippen molar-refractivity contribution in [1.29, 1.82) is 0 Å². The second-order valence-corrected chi connectivity index (χ2v) is 3.06. The molecule has 3 aliphatic rings. The number of alkyl halides is 2. The predicted molar refractivity (Wildman–Crippen MR) is 29.5 cm³/mol. The highest BCUT2D eigenvalue weighted by molar-refractivity contribution is 4.99. The molecule has 1 N–H and O–H groups in total. The standard InChI is InChI=1S/C6H9F2N/c7-6(8)2-4-1-5(3-6)9-4/h4-5,9H,1-3H2. The predicted octanol–water partition coefficient (Wildman–Crippen LogP) is 1.15. The second kappa shape index (κ2) is 1.45. The molecule has 9 heavy (non-hydrogen) atoms. The van der Waals surface area contributed by atoms with Crippen LogP contribution in [0.5, 0.6) is 0 Å². The highest BCUT2D eigenvalue weighted by Gasteiger charge is 2.47. The van der Waals surface area contributed by atoms with Crippen LogP contribution in [0, 0.1) is 0 Å². The van der Waals surface area contributed by atoms with Crippen molar-refractivity contribution >= 4 is 0 Å². The van der Waals surface area contributed by atoms with Gasteiger partial charge in [-0.1, -0.05) is 0 Å². The summed E-state index contributed by atoms with van der Waals surface area (Å²) in [4.78, 5) is 0. The number of hydrogen-bond acceptors (Lipinski definition) is 1. The zero-order chi connectivity index (χ0) is 6.48. The van der Waals surface area contributed by atoms with Crippen molar-refractivity contribution in [2.45, 2.75) is 37.3 Å². The van der Waals surface area contributed by atoms with Gasteiger partial charge < -0.3 is 5.32 Å². The van der Waals surface area contributed by atoms with Crippen LogP contribution in [-0.2, 0) is 0 Å². The molecule has 3 fully saturated rings. The molecule has 1 aliphatic carbocycles. The third-order valence-corrected chi connectivity index (χ3v) is 2.13. The van der Waals surface area contributed by atoms with E-state index in [1.807, 2.05) is 0 Å². The molecule has 2 aliphatic heterocycles. The summed E-state index contributed by atoms with van der Waals surface area (Å²) in [5.74, 6) is -2.36. The van der Waals surface area contributed by atoms with Crippen molar-refractivity contribution in [1.82, 2.24) is 5.32 Å². The topological polar surface area (TPSA) is 12.0 Å². The molecule has 52 valence electrons. The fourth-order valence-electron chi connectivity index (χ4n) is 1.74. The Kier molecular flexibility index (Phi) is 0.903. The van der Waals surface area contributed by atoms with Gasteiger partial charge >= 0.3 is 0 Å². The van der Waals surface area contributed by atoms with Gasteiger partial charge in [0.1, 0.15) is 0 Å². The number of piperidine rings is 1. The van der Waals surface area contributed by atoms with E-state index in [4.69, 9.17) is 0 Å². The Morgan fingerprint density at radius 1 is 1.22 bits per heavy atom. The molecule has 2 bridgehead atoms. The summed E-state index contributed by atoms with van der Waals surface area (Å²) in [7, 11) is 0. The molecule has 0 radical (unpaired) electrons. The number of fused-ring (bicyclic) bond motifs is 2. The molecular formula is C6H9F2N. The van der Waals surface area contributed by atoms with E-state index in [0.29, 0.717) is 0 Å². The van der Waals surface area contributed by atoms with Crippen molar-refractivity contribution in [3.8, 4) is 0 Å². The van der Waals surface area contributed by atoms with Crippen molar-refractivity contribution in [2.75, 3.05) is 0 Å². The first-order chi connectivity index (χ1) is 4.16. The molecule has 0 aromatic rings. The van der Waals surface area contributed by atoms with Gasteiger partial charge in [0, 0.05) is 24.9 Å². The molecule has 3 heteroatoms. The van der Waals surface area contributed by atoms with Crippen LogP contribution in [0.4, 0.5) is 8.78 Å². The van der Waals surface area contributed by atoms with E-state index in [0.717, 1.165) is 6.42 Å². The van der Waals surface area contributed by atoms with Gasteiger partial charge in [-0.25, -0.2) is 8.78 Å². The molecule has 2 unspecified atom stereocenters. The van der Waals surface area contributed by atoms with E-state index in [1.54, 1.807) is 0 Å². The quantitative estimate of drug-likeness (QED) is 0.522. The Balaban J connectivity index is 2.04. The Morgan fingerprint density at radius 3 is 1.89 bits per heavy atom. The molecule has 2 atom stereocenters. The van der Waals surface area contributed by atoms with E-state index in [-0.39, 0.29) is 24.9 Å². The van der Waals surface area contributed by atoms with Gasteiger partial charge in [0.15, 0.2) is 0 Å². The molecule has 3 rings (SSSR count). The first-order valence-electron chi connectivity index (χ1n) is 3.30. The lowest BCUT2D eigenvalue weighted by Crippen LogP contribution is -2.61. The van der Waals surface area contributed by atoms with E-state index in [9.17, 15) is 8.78 Å². The molecule has 1 nitrogen and oxygen atoms in total. The van der Waals surface area contributed by atoms with Crippen molar-refractivity contribution in [3.05, 3.63) is 0 Å². The summed E-state index contributed by atoms with van der Waals surface area (Å²) in [6.45, 7) is 0. The first kappa shape index (κ1) is 5.59. The molecule has 0 aromatic carbocycles. The highest BCUT2D eigenvalue weighted by atomic mass is 19.3. The summed E-state index contributed by atoms with van der Waals surface area (Å²) < 4.78 is 24.9. The fourth-order valence-corrected chi connectivity index (χ4v) is 1.74. The lowest BCUT2D eigenvalue weighted by Gasteiger charge is -2.46. The average molecular weight is 133 g/mol. The molecule has 2 heterocycles. The molecule has 2 saturated heterocycles. The van der Waals surface area contributed by atoms with Crippen LogP contribution in [-0.4, -0.2) is 18.0 Å². The molecular weight excluding hydrogens is 124 g/mol. The average Bonchev–Trinajstić information content (AvgIpc) is 1.58. The molecule has 0 aromatic heterocycles. The minimum atomic E-state index is -2.36. The van der Waals surface area contributed by atoms with Gasteiger partial charge in [-0.15, -0.1) is 0 Å².